The maximum Gasteiger partial charge on any atom is 0.225 e. The molecule has 0 atom stereocenters. The number of nitrogens with one attached hydrogen (secondary N) is 1. The number of carbonyl (C=O) groups is 1. The summed E-state index contributed by atoms with van der Waals surface area (Å²) in [5.74, 6) is 0.613. The van der Waals surface area contributed by atoms with E-state index in [4.69, 9.17) is 5.73 Å². The van der Waals surface area contributed by atoms with Crippen molar-refractivity contribution in [3.8, 4) is 0 Å². The van der Waals surface area contributed by atoms with Crippen molar-refractivity contribution >= 4 is 17.4 Å². The van der Waals surface area contributed by atoms with E-state index in [0.29, 0.717) is 17.9 Å². The third-order valence-corrected chi connectivity index (χ3v) is 2.11. The van der Waals surface area contributed by atoms with Gasteiger partial charge in [-0.2, -0.15) is 0 Å². The molecule has 0 saturated carbocycles. The normalized spacial score (nSPS) is 10.0. The van der Waals surface area contributed by atoms with Crippen LogP contribution in [0.2, 0.25) is 0 Å². The zero-order valence-corrected chi connectivity index (χ0v) is 9.21. The Kier molecular flexibility index (Phi) is 4.09. The number of pyridine rings is 1. The fraction of sp³-hybridized carbons (Fsp3) is 0.455. The molecule has 0 bridgehead atoms. The van der Waals surface area contributed by atoms with Crippen LogP contribution in [-0.2, 0) is 4.79 Å². The Morgan fingerprint density at radius 2 is 2.33 bits per heavy atom. The molecular weight excluding hydrogens is 190 g/mol. The predicted molar refractivity (Wildman–Crippen MR) is 61.5 cm³/mol. The molecule has 4 heteroatoms. The predicted octanol–water partition coefficient (Wildman–Crippen LogP) is 2.10. The molecule has 0 fully saturated rings. The van der Waals surface area contributed by atoms with Crippen LogP contribution in [0.3, 0.4) is 0 Å². The first-order chi connectivity index (χ1) is 7.13. The van der Waals surface area contributed by atoms with Crippen LogP contribution >= 0.6 is 0 Å². The fourth-order valence-electron chi connectivity index (χ4n) is 1.26. The summed E-state index contributed by atoms with van der Waals surface area (Å²) in [6.07, 6.45) is 4.01. The van der Waals surface area contributed by atoms with E-state index in [1.807, 2.05) is 6.92 Å². The minimum Gasteiger partial charge on any atom is -0.397 e. The van der Waals surface area contributed by atoms with Crippen LogP contribution in [0.1, 0.15) is 31.7 Å². The number of nitrogens with zero attached hydrogens (tertiary/aromatic N) is 1. The number of anilines is 2. The summed E-state index contributed by atoms with van der Waals surface area (Å²) >= 11 is 0. The molecule has 4 nitrogen and oxygen atoms in total. The van der Waals surface area contributed by atoms with Crippen molar-refractivity contribution in [1.29, 1.82) is 0 Å². The Morgan fingerprint density at radius 1 is 1.60 bits per heavy atom. The molecule has 0 aliphatic rings. The summed E-state index contributed by atoms with van der Waals surface area (Å²) in [6.45, 7) is 3.93. The van der Waals surface area contributed by atoms with E-state index in [1.165, 1.54) is 0 Å². The summed E-state index contributed by atoms with van der Waals surface area (Å²) < 4.78 is 0. The van der Waals surface area contributed by atoms with Gasteiger partial charge in [-0.1, -0.05) is 13.3 Å². The van der Waals surface area contributed by atoms with Gasteiger partial charge in [0, 0.05) is 6.42 Å². The average molecular weight is 207 g/mol. The SMILES string of the molecule is CCCCC(=O)Nc1ncc(N)cc1C. The monoisotopic (exact) mass is 207 g/mol. The highest BCUT2D eigenvalue weighted by Gasteiger charge is 2.05. The van der Waals surface area contributed by atoms with Gasteiger partial charge in [0.15, 0.2) is 0 Å². The fourth-order valence-corrected chi connectivity index (χ4v) is 1.26. The topological polar surface area (TPSA) is 68.0 Å². The summed E-state index contributed by atoms with van der Waals surface area (Å²) in [6, 6.07) is 1.79. The quantitative estimate of drug-likeness (QED) is 0.794. The number of hydrogen-bond acceptors (Lipinski definition) is 3. The Hall–Kier alpha value is -1.58. The summed E-state index contributed by atoms with van der Waals surface area (Å²) in [5.41, 5.74) is 7.06. The Labute approximate surface area is 89.9 Å². The molecule has 0 saturated heterocycles. The standard InChI is InChI=1S/C11H17N3O/c1-3-4-5-10(15)14-11-8(2)6-9(12)7-13-11/h6-7H,3-5,12H2,1-2H3,(H,13,14,15). The molecule has 15 heavy (non-hydrogen) atoms. The van der Waals surface area contributed by atoms with Gasteiger partial charge in [-0.05, 0) is 25.0 Å². The lowest BCUT2D eigenvalue weighted by atomic mass is 10.2. The lowest BCUT2D eigenvalue weighted by Crippen LogP contribution is -2.13. The molecule has 0 spiro atoms. The lowest BCUT2D eigenvalue weighted by molar-refractivity contribution is -0.116. The molecule has 0 aromatic carbocycles. The van der Waals surface area contributed by atoms with Crippen molar-refractivity contribution < 1.29 is 4.79 Å². The molecule has 1 rings (SSSR count). The molecule has 82 valence electrons. The van der Waals surface area contributed by atoms with Crippen molar-refractivity contribution in [1.82, 2.24) is 4.98 Å². The van der Waals surface area contributed by atoms with Gasteiger partial charge in [-0.25, -0.2) is 4.98 Å². The largest absolute Gasteiger partial charge is 0.397 e. The molecule has 0 aliphatic carbocycles. The van der Waals surface area contributed by atoms with Gasteiger partial charge in [0.2, 0.25) is 5.91 Å². The van der Waals surface area contributed by atoms with Crippen molar-refractivity contribution in [2.24, 2.45) is 0 Å². The van der Waals surface area contributed by atoms with Crippen LogP contribution in [0.15, 0.2) is 12.3 Å². The van der Waals surface area contributed by atoms with Crippen molar-refractivity contribution in [2.75, 3.05) is 11.1 Å². The molecule has 3 N–H and O–H groups in total. The first kappa shape index (κ1) is 11.5. The average Bonchev–Trinajstić information content (AvgIpc) is 2.19. The highest BCUT2D eigenvalue weighted by atomic mass is 16.1. The maximum absolute atomic E-state index is 11.4. The van der Waals surface area contributed by atoms with Crippen LogP contribution in [0.5, 0.6) is 0 Å². The van der Waals surface area contributed by atoms with Gasteiger partial charge >= 0.3 is 0 Å². The number of rotatable bonds is 4. The van der Waals surface area contributed by atoms with E-state index >= 15 is 0 Å². The second-order valence-corrected chi connectivity index (χ2v) is 3.59. The number of carbonyl (C=O) groups excluding carboxylic acids is 1. The molecular formula is C11H17N3O. The van der Waals surface area contributed by atoms with Crippen LogP contribution in [-0.4, -0.2) is 10.9 Å². The van der Waals surface area contributed by atoms with Gasteiger partial charge in [0.05, 0.1) is 11.9 Å². The zero-order valence-electron chi connectivity index (χ0n) is 9.21. The second-order valence-electron chi connectivity index (χ2n) is 3.59. The van der Waals surface area contributed by atoms with Gasteiger partial charge in [-0.3, -0.25) is 4.79 Å². The Morgan fingerprint density at radius 3 is 2.93 bits per heavy atom. The van der Waals surface area contributed by atoms with E-state index in [1.54, 1.807) is 12.3 Å². The van der Waals surface area contributed by atoms with Gasteiger partial charge in [-0.15, -0.1) is 0 Å². The minimum atomic E-state index is 0.0113. The van der Waals surface area contributed by atoms with Crippen molar-refractivity contribution in [3.05, 3.63) is 17.8 Å². The van der Waals surface area contributed by atoms with E-state index in [2.05, 4.69) is 17.2 Å². The van der Waals surface area contributed by atoms with Crippen molar-refractivity contribution in [2.45, 2.75) is 33.1 Å². The molecule has 0 aliphatic heterocycles. The van der Waals surface area contributed by atoms with Crippen LogP contribution in [0.25, 0.3) is 0 Å². The molecule has 0 unspecified atom stereocenters. The van der Waals surface area contributed by atoms with Crippen LogP contribution < -0.4 is 11.1 Å². The number of nitrogen functional groups attached to an aromatic ring is 1. The Balaban J connectivity index is 2.60. The first-order valence-electron chi connectivity index (χ1n) is 5.15. The lowest BCUT2D eigenvalue weighted by Gasteiger charge is -2.07. The van der Waals surface area contributed by atoms with E-state index in [9.17, 15) is 4.79 Å². The Bertz CT molecular complexity index is 350. The summed E-state index contributed by atoms with van der Waals surface area (Å²) in [4.78, 5) is 15.5. The molecule has 1 amide bonds. The summed E-state index contributed by atoms with van der Waals surface area (Å²) in [5, 5.41) is 2.77. The van der Waals surface area contributed by atoms with Gasteiger partial charge in [0.25, 0.3) is 0 Å². The highest BCUT2D eigenvalue weighted by Crippen LogP contribution is 2.14. The first-order valence-corrected chi connectivity index (χ1v) is 5.15. The third kappa shape index (κ3) is 3.58. The summed E-state index contributed by atoms with van der Waals surface area (Å²) in [7, 11) is 0. The van der Waals surface area contributed by atoms with Crippen LogP contribution in [0.4, 0.5) is 11.5 Å². The van der Waals surface area contributed by atoms with E-state index in [-0.39, 0.29) is 5.91 Å². The minimum absolute atomic E-state index is 0.0113. The molecule has 1 aromatic heterocycles. The molecule has 1 heterocycles. The van der Waals surface area contributed by atoms with Crippen molar-refractivity contribution in [3.63, 3.8) is 0 Å². The number of aromatic nitrogens is 1. The smallest absolute Gasteiger partial charge is 0.225 e. The number of aryl methyl sites for hydroxylation is 1. The number of nitrogens with two attached hydrogens (primary N) is 1. The molecule has 1 aromatic rings. The number of amides is 1. The van der Waals surface area contributed by atoms with E-state index in [0.717, 1.165) is 18.4 Å². The number of hydrogen-bond donors (Lipinski definition) is 2. The molecule has 0 radical (unpaired) electrons. The highest BCUT2D eigenvalue weighted by molar-refractivity contribution is 5.90. The van der Waals surface area contributed by atoms with Gasteiger partial charge < -0.3 is 11.1 Å². The maximum atomic E-state index is 11.4. The third-order valence-electron chi connectivity index (χ3n) is 2.11. The zero-order chi connectivity index (χ0) is 11.3. The van der Waals surface area contributed by atoms with E-state index < -0.39 is 0 Å². The number of unbranched alkanes of at least 4 members (excludes halogenated alkanes) is 1. The van der Waals surface area contributed by atoms with Crippen LogP contribution in [0, 0.1) is 6.92 Å². The van der Waals surface area contributed by atoms with Gasteiger partial charge in [0.1, 0.15) is 5.82 Å². The second kappa shape index (κ2) is 5.34.